The molecule has 0 bridgehead atoms. The van der Waals surface area contributed by atoms with Gasteiger partial charge in [0.05, 0.1) is 13.2 Å². The van der Waals surface area contributed by atoms with Crippen molar-refractivity contribution in [1.29, 1.82) is 0 Å². The summed E-state index contributed by atoms with van der Waals surface area (Å²) < 4.78 is 26.3. The van der Waals surface area contributed by atoms with Gasteiger partial charge >= 0.3 is 0 Å². The van der Waals surface area contributed by atoms with Gasteiger partial charge in [0.2, 0.25) is 0 Å². The van der Waals surface area contributed by atoms with Crippen LogP contribution in [-0.4, -0.2) is 23.5 Å². The summed E-state index contributed by atoms with van der Waals surface area (Å²) in [7, 11) is 1.71. The van der Waals surface area contributed by atoms with E-state index in [1.807, 2.05) is 18.2 Å². The Bertz CT molecular complexity index is 1850. The first-order valence-corrected chi connectivity index (χ1v) is 14.9. The molecule has 43 heavy (non-hydrogen) atoms. The minimum Gasteiger partial charge on any atom is -0.493 e. The van der Waals surface area contributed by atoms with Gasteiger partial charge in [-0.05, 0) is 95.1 Å². The van der Waals surface area contributed by atoms with Crippen molar-refractivity contribution >= 4 is 17.0 Å². The van der Waals surface area contributed by atoms with Crippen LogP contribution in [0.25, 0.3) is 17.0 Å². The summed E-state index contributed by atoms with van der Waals surface area (Å²) in [6.07, 6.45) is 7.58. The number of methoxy groups -OCH3 is 1. The molecule has 4 aromatic carbocycles. The molecule has 7 rings (SSSR count). The number of aromatic nitrogens is 1. The maximum Gasteiger partial charge on any atom is 0.162 e. The Balaban J connectivity index is 1.28. The Morgan fingerprint density at radius 3 is 2.67 bits per heavy atom. The largest absolute Gasteiger partial charge is 0.493 e. The number of aromatic amines is 1. The maximum absolute atomic E-state index is 14.0. The molecule has 2 atom stereocenters. The third-order valence-electron chi connectivity index (χ3n) is 9.01. The van der Waals surface area contributed by atoms with Gasteiger partial charge in [-0.1, -0.05) is 67.3 Å². The predicted octanol–water partition coefficient (Wildman–Crippen LogP) is 8.65. The van der Waals surface area contributed by atoms with Gasteiger partial charge in [-0.15, -0.1) is 0 Å². The minimum absolute atomic E-state index is 0.00373. The lowest BCUT2D eigenvalue weighted by atomic mass is 9.80. The van der Waals surface area contributed by atoms with Crippen LogP contribution >= 0.6 is 0 Å². The minimum atomic E-state index is -0.219. The van der Waals surface area contributed by atoms with E-state index in [0.717, 1.165) is 53.1 Å². The van der Waals surface area contributed by atoms with E-state index < -0.39 is 0 Å². The number of rotatable bonds is 7. The summed E-state index contributed by atoms with van der Waals surface area (Å²) in [5.74, 6) is 1.28. The van der Waals surface area contributed by atoms with Crippen LogP contribution in [0.15, 0.2) is 97.6 Å². The highest BCUT2D eigenvalue weighted by atomic mass is 19.1. The molecule has 0 aliphatic carbocycles. The van der Waals surface area contributed by atoms with Crippen molar-refractivity contribution in [2.45, 2.75) is 38.5 Å². The van der Waals surface area contributed by atoms with Crippen molar-refractivity contribution < 1.29 is 13.9 Å². The van der Waals surface area contributed by atoms with E-state index in [1.54, 1.807) is 25.3 Å². The van der Waals surface area contributed by atoms with E-state index in [2.05, 4.69) is 84.1 Å². The quantitative estimate of drug-likeness (QED) is 0.199. The van der Waals surface area contributed by atoms with Gasteiger partial charge in [-0.2, -0.15) is 0 Å². The van der Waals surface area contributed by atoms with Crippen molar-refractivity contribution in [3.05, 3.63) is 148 Å². The second-order valence-electron chi connectivity index (χ2n) is 11.5. The zero-order valence-electron chi connectivity index (χ0n) is 24.6. The molecule has 5 heteroatoms. The molecular weight excluding hydrogens is 535 g/mol. The fourth-order valence-electron chi connectivity index (χ4n) is 6.87. The normalized spacial score (nSPS) is 17.8. The molecule has 0 spiro atoms. The number of benzene rings is 4. The number of H-pyrrole nitrogens is 1. The number of nitrogens with zero attached hydrogens (tertiary/aromatic N) is 1. The number of ether oxygens (including phenoxy) is 2. The molecule has 216 valence electrons. The third-order valence-corrected chi connectivity index (χ3v) is 9.01. The zero-order valence-corrected chi connectivity index (χ0v) is 24.6. The number of fused-ring (bicyclic) bond motifs is 6. The van der Waals surface area contributed by atoms with E-state index in [9.17, 15) is 4.39 Å². The average molecular weight is 571 g/mol. The van der Waals surface area contributed by atoms with Gasteiger partial charge in [0, 0.05) is 29.2 Å². The lowest BCUT2D eigenvalue weighted by molar-refractivity contribution is 0.127. The second-order valence-corrected chi connectivity index (χ2v) is 11.5. The van der Waals surface area contributed by atoms with E-state index >= 15 is 0 Å². The highest BCUT2D eigenvalue weighted by Gasteiger charge is 2.41. The number of hydrogen-bond acceptors (Lipinski definition) is 3. The van der Waals surface area contributed by atoms with Crippen LogP contribution in [-0.2, 0) is 19.4 Å². The lowest BCUT2D eigenvalue weighted by Crippen LogP contribution is -2.43. The average Bonchev–Trinajstić information content (AvgIpc) is 3.41. The first-order chi connectivity index (χ1) is 21.0. The highest BCUT2D eigenvalue weighted by Crippen LogP contribution is 2.49. The zero-order chi connectivity index (χ0) is 29.5. The molecule has 3 heterocycles. The van der Waals surface area contributed by atoms with Crippen LogP contribution in [0.1, 0.15) is 56.7 Å². The molecule has 0 saturated heterocycles. The fraction of sp³-hybridized carbons (Fsp3) is 0.211. The summed E-state index contributed by atoms with van der Waals surface area (Å²) >= 11 is 0. The molecule has 2 aliphatic rings. The summed E-state index contributed by atoms with van der Waals surface area (Å²) in [4.78, 5) is 6.31. The lowest BCUT2D eigenvalue weighted by Gasteiger charge is -2.46. The second kappa shape index (κ2) is 11.2. The number of hydrogen-bond donors (Lipinski definition) is 1. The van der Waals surface area contributed by atoms with Crippen molar-refractivity contribution in [3.63, 3.8) is 0 Å². The number of allylic oxidation sites excluding steroid dienone is 2. The summed E-state index contributed by atoms with van der Waals surface area (Å²) in [5.41, 5.74) is 10.8. The first-order valence-electron chi connectivity index (χ1n) is 14.9. The van der Waals surface area contributed by atoms with Gasteiger partial charge in [-0.3, -0.25) is 4.90 Å². The first kappa shape index (κ1) is 27.2. The topological polar surface area (TPSA) is 37.5 Å². The van der Waals surface area contributed by atoms with E-state index in [0.29, 0.717) is 6.61 Å². The molecule has 5 aromatic rings. The Hall–Kier alpha value is -4.61. The summed E-state index contributed by atoms with van der Waals surface area (Å²) in [6.45, 7) is 7.22. The third kappa shape index (κ3) is 4.94. The fourth-order valence-corrected chi connectivity index (χ4v) is 6.87. The Morgan fingerprint density at radius 2 is 1.86 bits per heavy atom. The van der Waals surface area contributed by atoms with Gasteiger partial charge in [0.15, 0.2) is 11.5 Å². The molecule has 0 amide bonds. The smallest absolute Gasteiger partial charge is 0.162 e. The number of para-hydroxylation sites is 1. The van der Waals surface area contributed by atoms with Crippen LogP contribution in [0.4, 0.5) is 4.39 Å². The standard InChI is InChI=1S/C38H35FN2O2/c1-4-5-8-27-19-25(12-11-24(27)2)23-43-36-22-31-28(20-35(36)42-3)17-18-41-34(31)21-32-30-9-6-7-10-33(30)40-37(32)38(41)26-13-15-29(39)16-14-26/h4-16,19-20,22,34,38,40H,1,17-18,21,23H2,2-3H3/b8-5-. The van der Waals surface area contributed by atoms with Gasteiger partial charge < -0.3 is 14.5 Å². The summed E-state index contributed by atoms with van der Waals surface area (Å²) in [6, 6.07) is 26.4. The molecule has 0 saturated carbocycles. The van der Waals surface area contributed by atoms with Crippen LogP contribution in [0.2, 0.25) is 0 Å². The summed E-state index contributed by atoms with van der Waals surface area (Å²) in [5, 5.41) is 1.25. The molecule has 0 radical (unpaired) electrons. The maximum atomic E-state index is 14.0. The van der Waals surface area contributed by atoms with Crippen molar-refractivity contribution in [2.75, 3.05) is 13.7 Å². The predicted molar refractivity (Wildman–Crippen MR) is 171 cm³/mol. The monoisotopic (exact) mass is 570 g/mol. The van der Waals surface area contributed by atoms with Gasteiger partial charge in [0.1, 0.15) is 12.4 Å². The van der Waals surface area contributed by atoms with E-state index in [4.69, 9.17) is 9.47 Å². The highest BCUT2D eigenvalue weighted by molar-refractivity contribution is 5.85. The molecule has 1 aromatic heterocycles. The molecule has 2 aliphatic heterocycles. The Labute approximate surface area is 252 Å². The molecule has 1 N–H and O–H groups in total. The number of nitrogens with one attached hydrogen (secondary N) is 1. The number of halogens is 1. The number of aryl methyl sites for hydroxylation is 1. The van der Waals surface area contributed by atoms with Crippen LogP contribution in [0.3, 0.4) is 0 Å². The van der Waals surface area contributed by atoms with E-state index in [-0.39, 0.29) is 17.9 Å². The van der Waals surface area contributed by atoms with Crippen LogP contribution in [0.5, 0.6) is 11.5 Å². The Morgan fingerprint density at radius 1 is 1.02 bits per heavy atom. The molecule has 4 nitrogen and oxygen atoms in total. The Kier molecular flexibility index (Phi) is 7.12. The van der Waals surface area contributed by atoms with E-state index in [1.165, 1.54) is 33.3 Å². The van der Waals surface area contributed by atoms with Crippen molar-refractivity contribution in [3.8, 4) is 11.5 Å². The molecule has 2 unspecified atom stereocenters. The molecule has 0 fully saturated rings. The SMILES string of the molecule is C=C/C=C\c1cc(COc2cc3c(cc2OC)CCN2C3Cc3c([nH]c4ccccc34)C2c2ccc(F)cc2)ccc1C. The van der Waals surface area contributed by atoms with Crippen LogP contribution < -0.4 is 9.47 Å². The molecular formula is C38H35FN2O2. The van der Waals surface area contributed by atoms with Gasteiger partial charge in [0.25, 0.3) is 0 Å². The van der Waals surface area contributed by atoms with Crippen LogP contribution in [0, 0.1) is 12.7 Å². The van der Waals surface area contributed by atoms with Gasteiger partial charge in [-0.25, -0.2) is 4.39 Å². The van der Waals surface area contributed by atoms with Crippen molar-refractivity contribution in [1.82, 2.24) is 9.88 Å². The van der Waals surface area contributed by atoms with Crippen molar-refractivity contribution in [2.24, 2.45) is 0 Å².